The Labute approximate surface area is 147 Å². The summed E-state index contributed by atoms with van der Waals surface area (Å²) < 4.78 is 1.32. The fraction of sp³-hybridized carbons (Fsp3) is 0.0556. The zero-order chi connectivity index (χ0) is 16.4. The van der Waals surface area contributed by atoms with Crippen LogP contribution in [0.2, 0.25) is 0 Å². The lowest BCUT2D eigenvalue weighted by atomic mass is 9.99. The minimum atomic E-state index is -0.0818. The quantitative estimate of drug-likeness (QED) is 0.504. The Hall–Kier alpha value is -2.11. The van der Waals surface area contributed by atoms with Gasteiger partial charge in [-0.3, -0.25) is 4.79 Å². The number of nitrogens with one attached hydrogen (secondary N) is 1. The van der Waals surface area contributed by atoms with E-state index in [9.17, 15) is 4.79 Å². The van der Waals surface area contributed by atoms with E-state index in [0.29, 0.717) is 21.6 Å². The van der Waals surface area contributed by atoms with E-state index in [1.807, 2.05) is 55.5 Å². The monoisotopic (exact) mass is 384 g/mol. The largest absolute Gasteiger partial charge is 0.330 e. The van der Waals surface area contributed by atoms with Crippen LogP contribution in [0.4, 0.5) is 0 Å². The van der Waals surface area contributed by atoms with Gasteiger partial charge >= 0.3 is 0 Å². The van der Waals surface area contributed by atoms with Gasteiger partial charge in [0, 0.05) is 16.2 Å². The molecule has 5 heteroatoms. The summed E-state index contributed by atoms with van der Waals surface area (Å²) >= 11 is 8.53. The fourth-order valence-electron chi connectivity index (χ4n) is 2.27. The number of aromatic nitrogens is 2. The third-order valence-corrected chi connectivity index (χ3v) is 4.24. The van der Waals surface area contributed by atoms with Gasteiger partial charge in [0.15, 0.2) is 10.6 Å². The number of nitrogens with zero attached hydrogens (tertiary/aromatic N) is 1. The Bertz CT molecular complexity index is 915. The van der Waals surface area contributed by atoms with Crippen molar-refractivity contribution >= 4 is 33.9 Å². The summed E-state index contributed by atoms with van der Waals surface area (Å²) in [5.74, 6) is -0.0818. The summed E-state index contributed by atoms with van der Waals surface area (Å²) in [7, 11) is 0. The predicted molar refractivity (Wildman–Crippen MR) is 97.2 cm³/mol. The minimum Gasteiger partial charge on any atom is -0.330 e. The van der Waals surface area contributed by atoms with Crippen molar-refractivity contribution in [3.63, 3.8) is 0 Å². The van der Waals surface area contributed by atoms with Crippen molar-refractivity contribution in [2.24, 2.45) is 0 Å². The van der Waals surface area contributed by atoms with Gasteiger partial charge in [0.05, 0.1) is 11.3 Å². The summed E-state index contributed by atoms with van der Waals surface area (Å²) in [5, 5.41) is 0. The summed E-state index contributed by atoms with van der Waals surface area (Å²) in [6.07, 6.45) is 1.54. The van der Waals surface area contributed by atoms with E-state index in [2.05, 4.69) is 25.9 Å². The maximum absolute atomic E-state index is 12.8. The van der Waals surface area contributed by atoms with Gasteiger partial charge in [-0.05, 0) is 36.8 Å². The molecule has 0 aliphatic heterocycles. The normalized spacial score (nSPS) is 10.5. The van der Waals surface area contributed by atoms with E-state index >= 15 is 0 Å². The van der Waals surface area contributed by atoms with Gasteiger partial charge in [-0.25, -0.2) is 4.98 Å². The van der Waals surface area contributed by atoms with Gasteiger partial charge < -0.3 is 4.98 Å². The van der Waals surface area contributed by atoms with Crippen LogP contribution < -0.4 is 0 Å². The molecule has 0 aliphatic carbocycles. The van der Waals surface area contributed by atoms with Gasteiger partial charge in [-0.2, -0.15) is 0 Å². The zero-order valence-electron chi connectivity index (χ0n) is 12.3. The number of benzene rings is 2. The van der Waals surface area contributed by atoms with Crippen molar-refractivity contribution in [2.75, 3.05) is 0 Å². The summed E-state index contributed by atoms with van der Waals surface area (Å²) in [5.41, 5.74) is 3.81. The molecule has 0 fully saturated rings. The highest BCUT2D eigenvalue weighted by Crippen LogP contribution is 2.25. The minimum absolute atomic E-state index is 0.0818. The van der Waals surface area contributed by atoms with Crippen LogP contribution in [0.1, 0.15) is 21.5 Å². The van der Waals surface area contributed by atoms with Gasteiger partial charge in [0.1, 0.15) is 0 Å². The molecule has 1 N–H and O–H groups in total. The summed E-state index contributed by atoms with van der Waals surface area (Å²) in [6, 6.07) is 15.2. The van der Waals surface area contributed by atoms with Crippen molar-refractivity contribution < 1.29 is 4.79 Å². The van der Waals surface area contributed by atoms with Gasteiger partial charge in [-0.1, -0.05) is 57.9 Å². The number of aryl methyl sites for hydroxylation is 1. The maximum Gasteiger partial charge on any atom is 0.197 e. The number of carbonyl (C=O) groups is 1. The Balaban J connectivity index is 2.12. The van der Waals surface area contributed by atoms with E-state index < -0.39 is 0 Å². The maximum atomic E-state index is 12.8. The summed E-state index contributed by atoms with van der Waals surface area (Å²) in [4.78, 5) is 19.9. The van der Waals surface area contributed by atoms with Crippen molar-refractivity contribution in [1.29, 1.82) is 0 Å². The number of aromatic amines is 1. The highest BCUT2D eigenvalue weighted by atomic mass is 79.9. The second-order valence-electron chi connectivity index (χ2n) is 5.18. The van der Waals surface area contributed by atoms with Crippen LogP contribution in [0, 0.1) is 11.7 Å². The molecule has 0 radical (unpaired) electrons. The molecule has 0 saturated carbocycles. The number of hydrogen-bond acceptors (Lipinski definition) is 3. The summed E-state index contributed by atoms with van der Waals surface area (Å²) in [6.45, 7) is 1.99. The highest BCUT2D eigenvalue weighted by Gasteiger charge is 2.16. The molecular weight excluding hydrogens is 372 g/mol. The molecule has 23 heavy (non-hydrogen) atoms. The fourth-order valence-corrected chi connectivity index (χ4v) is 2.69. The third-order valence-electron chi connectivity index (χ3n) is 3.50. The van der Waals surface area contributed by atoms with Crippen LogP contribution in [0.15, 0.2) is 59.2 Å². The van der Waals surface area contributed by atoms with E-state index in [1.165, 1.54) is 0 Å². The molecule has 0 unspecified atom stereocenters. The molecule has 1 heterocycles. The molecule has 0 saturated heterocycles. The first-order chi connectivity index (χ1) is 11.0. The molecule has 0 atom stereocenters. The molecule has 0 spiro atoms. The number of rotatable bonds is 3. The number of H-pyrrole nitrogens is 1. The average Bonchev–Trinajstić information content (AvgIpc) is 2.55. The number of hydrogen-bond donors (Lipinski definition) is 1. The number of carbonyl (C=O) groups excluding carboxylic acids is 1. The van der Waals surface area contributed by atoms with Crippen molar-refractivity contribution in [2.45, 2.75) is 6.92 Å². The van der Waals surface area contributed by atoms with Gasteiger partial charge in [-0.15, -0.1) is 0 Å². The average molecular weight is 385 g/mol. The molecule has 3 aromatic rings. The van der Waals surface area contributed by atoms with Crippen LogP contribution in [0.5, 0.6) is 0 Å². The lowest BCUT2D eigenvalue weighted by Crippen LogP contribution is -2.06. The van der Waals surface area contributed by atoms with Crippen LogP contribution in [-0.4, -0.2) is 15.8 Å². The van der Waals surface area contributed by atoms with Gasteiger partial charge in [0.2, 0.25) is 0 Å². The molecule has 0 amide bonds. The molecule has 3 rings (SSSR count). The van der Waals surface area contributed by atoms with Crippen LogP contribution in [0.25, 0.3) is 11.3 Å². The molecule has 3 nitrogen and oxygen atoms in total. The molecule has 114 valence electrons. The van der Waals surface area contributed by atoms with E-state index in [0.717, 1.165) is 15.6 Å². The lowest BCUT2D eigenvalue weighted by molar-refractivity contribution is 0.103. The van der Waals surface area contributed by atoms with E-state index in [4.69, 9.17) is 12.2 Å². The van der Waals surface area contributed by atoms with Gasteiger partial charge in [0.25, 0.3) is 0 Å². The smallest absolute Gasteiger partial charge is 0.197 e. The number of halogens is 1. The second kappa shape index (κ2) is 6.56. The molecule has 2 aromatic carbocycles. The zero-order valence-corrected chi connectivity index (χ0v) is 14.7. The Kier molecular flexibility index (Phi) is 4.50. The first-order valence-electron chi connectivity index (χ1n) is 7.01. The van der Waals surface area contributed by atoms with E-state index in [-0.39, 0.29) is 5.78 Å². The second-order valence-corrected chi connectivity index (χ2v) is 6.48. The van der Waals surface area contributed by atoms with E-state index in [1.54, 1.807) is 6.20 Å². The standard InChI is InChI=1S/C18H13BrN2OS/c1-11-2-4-13(5-3-11)17(22)15-10-20-18(23)21-16(15)12-6-8-14(19)9-7-12/h2-10H,1H3,(H,20,21,23). The third kappa shape index (κ3) is 3.46. The molecule has 0 aliphatic rings. The van der Waals surface area contributed by atoms with Crippen LogP contribution in [-0.2, 0) is 0 Å². The van der Waals surface area contributed by atoms with Crippen molar-refractivity contribution in [3.8, 4) is 11.3 Å². The first-order valence-corrected chi connectivity index (χ1v) is 8.21. The Morgan fingerprint density at radius 1 is 1.09 bits per heavy atom. The lowest BCUT2D eigenvalue weighted by Gasteiger charge is -2.09. The topological polar surface area (TPSA) is 45.8 Å². The SMILES string of the molecule is Cc1ccc(C(=O)c2cnc(=S)[nH]c2-c2ccc(Br)cc2)cc1. The molecule has 1 aromatic heterocycles. The Morgan fingerprint density at radius 2 is 1.74 bits per heavy atom. The van der Waals surface area contributed by atoms with Crippen molar-refractivity contribution in [3.05, 3.63) is 80.7 Å². The van der Waals surface area contributed by atoms with Crippen LogP contribution >= 0.6 is 28.1 Å². The first kappa shape index (κ1) is 15.8. The number of ketones is 1. The highest BCUT2D eigenvalue weighted by molar-refractivity contribution is 9.10. The van der Waals surface area contributed by atoms with Crippen molar-refractivity contribution in [1.82, 2.24) is 9.97 Å². The van der Waals surface area contributed by atoms with Crippen LogP contribution in [0.3, 0.4) is 0 Å². The molecular formula is C18H13BrN2OS. The molecule has 0 bridgehead atoms. The predicted octanol–water partition coefficient (Wildman–Crippen LogP) is 5.11. The Morgan fingerprint density at radius 3 is 2.39 bits per heavy atom.